The molecule has 0 amide bonds. The van der Waals surface area contributed by atoms with Gasteiger partial charge in [-0.15, -0.1) is 0 Å². The molecule has 11 rings (SSSR count). The van der Waals surface area contributed by atoms with Gasteiger partial charge in [-0.2, -0.15) is 0 Å². The Kier molecular flexibility index (Phi) is 5.32. The Morgan fingerprint density at radius 2 is 0.776 bits per heavy atom. The molecule has 0 bridgehead atoms. The predicted octanol–water partition coefficient (Wildman–Crippen LogP) is 10.9. The lowest BCUT2D eigenvalue weighted by atomic mass is 10.1. The zero-order chi connectivity index (χ0) is 32.1. The monoisotopic (exact) mass is 625 g/mol. The van der Waals surface area contributed by atoms with Gasteiger partial charge in [0.2, 0.25) is 0 Å². The van der Waals surface area contributed by atoms with Gasteiger partial charge in [0.25, 0.3) is 0 Å². The van der Waals surface area contributed by atoms with Crippen molar-refractivity contribution in [1.82, 2.24) is 23.7 Å². The van der Waals surface area contributed by atoms with Crippen LogP contribution in [0.5, 0.6) is 0 Å². The molecule has 0 N–H and O–H groups in total. The minimum Gasteiger partial charge on any atom is -0.309 e. The van der Waals surface area contributed by atoms with Gasteiger partial charge in [-0.3, -0.25) is 9.13 Å². The Balaban J connectivity index is 1.18. The summed E-state index contributed by atoms with van der Waals surface area (Å²) in [6, 6.07) is 58.1. The van der Waals surface area contributed by atoms with Gasteiger partial charge < -0.3 is 4.57 Å². The third-order valence-electron chi connectivity index (χ3n) is 10.0. The first-order chi connectivity index (χ1) is 24.3. The first-order valence-corrected chi connectivity index (χ1v) is 16.6. The highest BCUT2D eigenvalue weighted by Crippen LogP contribution is 2.42. The fraction of sp³-hybridized carbons (Fsp3) is 0. The van der Waals surface area contributed by atoms with Crippen molar-refractivity contribution in [2.75, 3.05) is 0 Å². The zero-order valence-electron chi connectivity index (χ0n) is 26.3. The lowest BCUT2D eigenvalue weighted by Crippen LogP contribution is -2.01. The second kappa shape index (κ2) is 9.89. The maximum atomic E-state index is 5.30. The van der Waals surface area contributed by atoms with Crippen molar-refractivity contribution in [2.45, 2.75) is 0 Å². The van der Waals surface area contributed by atoms with E-state index in [0.717, 1.165) is 50.4 Å². The lowest BCUT2D eigenvalue weighted by Gasteiger charge is -2.11. The van der Waals surface area contributed by atoms with Crippen LogP contribution >= 0.6 is 0 Å². The smallest absolute Gasteiger partial charge is 0.138 e. The summed E-state index contributed by atoms with van der Waals surface area (Å²) in [5.74, 6) is 1.75. The van der Waals surface area contributed by atoms with Crippen LogP contribution in [-0.2, 0) is 0 Å². The van der Waals surface area contributed by atoms with Crippen molar-refractivity contribution in [3.8, 4) is 17.3 Å². The molecule has 5 heterocycles. The summed E-state index contributed by atoms with van der Waals surface area (Å²) >= 11 is 0. The summed E-state index contributed by atoms with van der Waals surface area (Å²) in [6.45, 7) is 0. The van der Waals surface area contributed by atoms with Gasteiger partial charge in [0.1, 0.15) is 11.6 Å². The number of para-hydroxylation sites is 5. The van der Waals surface area contributed by atoms with E-state index in [-0.39, 0.29) is 0 Å². The van der Waals surface area contributed by atoms with Crippen LogP contribution in [0.2, 0.25) is 0 Å². The first-order valence-electron chi connectivity index (χ1n) is 16.6. The van der Waals surface area contributed by atoms with Crippen LogP contribution in [0.15, 0.2) is 164 Å². The average molecular weight is 626 g/mol. The van der Waals surface area contributed by atoms with Gasteiger partial charge in [-0.1, -0.05) is 97.1 Å². The standard InChI is InChI=1S/C44H27N5/c1-2-12-28(13-3-1)47-39-21-11-7-17-33(39)43-40(47)25-22-32-31-16-6-10-20-38(31)49(44(32)43)42-27-24-34-35(46-42)23-26-41(45-34)48-36-18-8-4-14-29(36)30-15-5-9-19-37(30)48/h1-27H. The second-order valence-corrected chi connectivity index (χ2v) is 12.6. The Labute approximate surface area is 280 Å². The van der Waals surface area contributed by atoms with Crippen LogP contribution in [0.25, 0.3) is 93.8 Å². The molecule has 5 heteroatoms. The molecular formula is C44H27N5. The highest BCUT2D eigenvalue weighted by molar-refractivity contribution is 6.26. The van der Waals surface area contributed by atoms with Crippen LogP contribution < -0.4 is 0 Å². The van der Waals surface area contributed by atoms with Crippen molar-refractivity contribution in [2.24, 2.45) is 0 Å². The Morgan fingerprint density at radius 3 is 1.39 bits per heavy atom. The van der Waals surface area contributed by atoms with E-state index in [1.165, 1.54) is 43.4 Å². The van der Waals surface area contributed by atoms with Gasteiger partial charge in [-0.05, 0) is 66.7 Å². The zero-order valence-corrected chi connectivity index (χ0v) is 26.3. The van der Waals surface area contributed by atoms with Crippen molar-refractivity contribution in [1.29, 1.82) is 0 Å². The molecular weight excluding hydrogens is 599 g/mol. The minimum absolute atomic E-state index is 0.854. The first kappa shape index (κ1) is 26.4. The molecule has 0 aliphatic carbocycles. The van der Waals surface area contributed by atoms with E-state index >= 15 is 0 Å². The van der Waals surface area contributed by atoms with E-state index in [9.17, 15) is 0 Å². The Bertz CT molecular complexity index is 3050. The van der Waals surface area contributed by atoms with Gasteiger partial charge in [-0.25, -0.2) is 9.97 Å². The molecule has 0 aliphatic rings. The molecule has 228 valence electrons. The maximum absolute atomic E-state index is 5.30. The molecule has 6 aromatic carbocycles. The molecule has 49 heavy (non-hydrogen) atoms. The number of nitrogens with zero attached hydrogens (tertiary/aromatic N) is 5. The molecule has 0 unspecified atom stereocenters. The van der Waals surface area contributed by atoms with Crippen LogP contribution in [0.3, 0.4) is 0 Å². The molecule has 0 spiro atoms. The Hall–Kier alpha value is -6.72. The summed E-state index contributed by atoms with van der Waals surface area (Å²) in [7, 11) is 0. The summed E-state index contributed by atoms with van der Waals surface area (Å²) in [5.41, 5.74) is 9.78. The fourth-order valence-corrected chi connectivity index (χ4v) is 8.01. The number of aromatic nitrogens is 5. The quantitative estimate of drug-likeness (QED) is 0.196. The fourth-order valence-electron chi connectivity index (χ4n) is 8.01. The molecule has 0 radical (unpaired) electrons. The summed E-state index contributed by atoms with van der Waals surface area (Å²) in [5, 5.41) is 7.29. The summed E-state index contributed by atoms with van der Waals surface area (Å²) in [6.07, 6.45) is 0. The highest BCUT2D eigenvalue weighted by atomic mass is 15.1. The number of fused-ring (bicyclic) bond motifs is 11. The average Bonchev–Trinajstić information content (AvgIpc) is 3.80. The SMILES string of the molecule is c1ccc(-n2c3ccccc3c3c2ccc2c4ccccc4n(-c4ccc5nc(-n6c7ccccc7c7ccccc76)ccc5n4)c23)cc1. The number of pyridine rings is 2. The predicted molar refractivity (Wildman–Crippen MR) is 203 cm³/mol. The van der Waals surface area contributed by atoms with Crippen LogP contribution in [0.4, 0.5) is 0 Å². The number of rotatable bonds is 3. The van der Waals surface area contributed by atoms with Crippen LogP contribution in [-0.4, -0.2) is 23.7 Å². The molecule has 5 nitrogen and oxygen atoms in total. The third-order valence-corrected chi connectivity index (χ3v) is 10.0. The maximum Gasteiger partial charge on any atom is 0.138 e. The highest BCUT2D eigenvalue weighted by Gasteiger charge is 2.21. The minimum atomic E-state index is 0.854. The molecule has 5 aromatic heterocycles. The second-order valence-electron chi connectivity index (χ2n) is 12.6. The van der Waals surface area contributed by atoms with Crippen molar-refractivity contribution < 1.29 is 0 Å². The van der Waals surface area contributed by atoms with E-state index in [4.69, 9.17) is 9.97 Å². The van der Waals surface area contributed by atoms with Crippen molar-refractivity contribution in [3.63, 3.8) is 0 Å². The van der Waals surface area contributed by atoms with E-state index < -0.39 is 0 Å². The number of benzene rings is 6. The third kappa shape index (κ3) is 3.64. The lowest BCUT2D eigenvalue weighted by molar-refractivity contribution is 1.08. The topological polar surface area (TPSA) is 40.6 Å². The van der Waals surface area contributed by atoms with E-state index in [2.05, 4.69) is 177 Å². The molecule has 0 fully saturated rings. The van der Waals surface area contributed by atoms with Crippen molar-refractivity contribution >= 4 is 76.5 Å². The summed E-state index contributed by atoms with van der Waals surface area (Å²) in [4.78, 5) is 10.5. The van der Waals surface area contributed by atoms with Gasteiger partial charge >= 0.3 is 0 Å². The molecule has 0 aliphatic heterocycles. The van der Waals surface area contributed by atoms with Crippen LogP contribution in [0, 0.1) is 0 Å². The van der Waals surface area contributed by atoms with E-state index in [1.807, 2.05) is 0 Å². The number of hydrogen-bond acceptors (Lipinski definition) is 2. The van der Waals surface area contributed by atoms with E-state index in [0.29, 0.717) is 0 Å². The molecule has 11 aromatic rings. The molecule has 0 atom stereocenters. The number of hydrogen-bond donors (Lipinski definition) is 0. The molecule has 0 saturated carbocycles. The largest absolute Gasteiger partial charge is 0.309 e. The van der Waals surface area contributed by atoms with Gasteiger partial charge in [0, 0.05) is 38.0 Å². The summed E-state index contributed by atoms with van der Waals surface area (Å²) < 4.78 is 6.97. The molecule has 0 saturated heterocycles. The van der Waals surface area contributed by atoms with Gasteiger partial charge in [0.15, 0.2) is 0 Å². The normalized spacial score (nSPS) is 12.1. The van der Waals surface area contributed by atoms with Crippen molar-refractivity contribution in [3.05, 3.63) is 164 Å². The van der Waals surface area contributed by atoms with E-state index in [1.54, 1.807) is 0 Å². The Morgan fingerprint density at radius 1 is 0.306 bits per heavy atom. The van der Waals surface area contributed by atoms with Crippen LogP contribution in [0.1, 0.15) is 0 Å². The van der Waals surface area contributed by atoms with Gasteiger partial charge in [0.05, 0.1) is 44.1 Å².